The molecule has 0 aliphatic heterocycles. The Hall–Kier alpha value is -8.85. The van der Waals surface area contributed by atoms with Gasteiger partial charge in [0.05, 0.1) is 0 Å². The quantitative estimate of drug-likeness (QED) is 0.0582. The Morgan fingerprint density at radius 3 is 0.548 bits per heavy atom. The van der Waals surface area contributed by atoms with Gasteiger partial charge in [-0.15, -0.1) is 0 Å². The number of aromatic hydroxyl groups is 3. The minimum Gasteiger partial charge on any atom is -0.507 e. The van der Waals surface area contributed by atoms with Crippen molar-refractivity contribution in [2.75, 3.05) is 0 Å². The molecule has 7 aromatic rings. The summed E-state index contributed by atoms with van der Waals surface area (Å²) in [7, 11) is 0. The van der Waals surface area contributed by atoms with Gasteiger partial charge in [-0.2, -0.15) is 0 Å². The first kappa shape index (κ1) is 67.7. The Morgan fingerprint density at radius 1 is 0.262 bits per heavy atom. The van der Waals surface area contributed by atoms with Crippen LogP contribution < -0.4 is 17.1 Å². The van der Waals surface area contributed by atoms with Gasteiger partial charge in [-0.3, -0.25) is 43.7 Å². The topological polar surface area (TPSA) is 262 Å². The van der Waals surface area contributed by atoms with Crippen LogP contribution in [0.25, 0.3) is 0 Å². The van der Waals surface area contributed by atoms with E-state index in [2.05, 4.69) is 0 Å². The standard InChI is InChI=1S/3C22H26O3.C3H3N3O3/c3*1-21(2,3)16-12-15(13-17(20(16)25)22(4,5)6)19(24)18(23)14-10-8-7-9-11-14;7-1-4-2(8)6-3(9)5-1/h3*7-13,25H,1-6H3;(H3,4,5,6,7,8,9). The molecule has 444 valence electrons. The van der Waals surface area contributed by atoms with Crippen LogP contribution in [0.15, 0.2) is 142 Å². The highest BCUT2D eigenvalue weighted by molar-refractivity contribution is 6.50. The number of carbonyl (C=O) groups excluding carboxylic acids is 6. The lowest BCUT2D eigenvalue weighted by molar-refractivity contribution is 0.0816. The molecule has 0 bridgehead atoms. The molecule has 0 aliphatic rings. The molecular formula is C69H81N3O12. The first-order valence-corrected chi connectivity index (χ1v) is 27.5. The SMILES string of the molecule is CC(C)(C)c1cc(C(=O)C(=O)c2ccccc2)cc(C(C)(C)C)c1O.CC(C)(C)c1cc(C(=O)C(=O)c2ccccc2)cc(C(C)(C)C)c1O.CC(C)(C)c1cc(C(=O)C(=O)c2ccccc2)cc(C(C)(C)C)c1O.O=c1[nH]c(=O)[nH]c(=O)[nH]1. The van der Waals surface area contributed by atoms with Crippen LogP contribution in [-0.2, 0) is 32.5 Å². The second kappa shape index (κ2) is 26.2. The normalized spacial score (nSPS) is 11.8. The lowest BCUT2D eigenvalue weighted by Crippen LogP contribution is -2.34. The lowest BCUT2D eigenvalue weighted by Gasteiger charge is -2.28. The van der Waals surface area contributed by atoms with E-state index in [-0.39, 0.29) is 49.7 Å². The highest BCUT2D eigenvalue weighted by Gasteiger charge is 2.33. The van der Waals surface area contributed by atoms with Crippen LogP contribution >= 0.6 is 0 Å². The Morgan fingerprint density at radius 2 is 0.405 bits per heavy atom. The van der Waals surface area contributed by atoms with Crippen molar-refractivity contribution < 1.29 is 44.1 Å². The van der Waals surface area contributed by atoms with Crippen LogP contribution in [-0.4, -0.2) is 65.0 Å². The number of nitrogens with one attached hydrogen (secondary N) is 3. The number of H-pyrrole nitrogens is 3. The van der Waals surface area contributed by atoms with E-state index in [1.165, 1.54) is 0 Å². The number of phenols is 3. The van der Waals surface area contributed by atoms with Gasteiger partial charge in [0.15, 0.2) is 0 Å². The number of hydrogen-bond donors (Lipinski definition) is 6. The molecule has 0 unspecified atom stereocenters. The maximum Gasteiger partial charge on any atom is 0.330 e. The molecule has 15 heteroatoms. The average molecular weight is 1140 g/mol. The molecule has 6 aromatic carbocycles. The third-order valence-corrected chi connectivity index (χ3v) is 13.4. The largest absolute Gasteiger partial charge is 0.507 e. The van der Waals surface area contributed by atoms with Gasteiger partial charge in [0.2, 0.25) is 34.7 Å². The number of carbonyl (C=O) groups is 6. The molecule has 0 saturated carbocycles. The van der Waals surface area contributed by atoms with Gasteiger partial charge in [-0.05, 0) is 68.9 Å². The van der Waals surface area contributed by atoms with E-state index in [9.17, 15) is 58.5 Å². The third-order valence-electron chi connectivity index (χ3n) is 13.4. The van der Waals surface area contributed by atoms with Crippen LogP contribution in [0.4, 0.5) is 0 Å². The van der Waals surface area contributed by atoms with E-state index in [4.69, 9.17) is 0 Å². The second-order valence-electron chi connectivity index (χ2n) is 26.7. The van der Waals surface area contributed by atoms with Crippen LogP contribution in [0.2, 0.25) is 0 Å². The fraction of sp³-hybridized carbons (Fsp3) is 0.348. The van der Waals surface area contributed by atoms with E-state index in [1.807, 2.05) is 125 Å². The summed E-state index contributed by atoms with van der Waals surface area (Å²) in [4.78, 5) is 112. The Labute approximate surface area is 491 Å². The molecule has 0 aliphatic carbocycles. The second-order valence-corrected chi connectivity index (χ2v) is 26.7. The number of phenolic OH excluding ortho intramolecular Hbond substituents is 3. The fourth-order valence-corrected chi connectivity index (χ4v) is 8.69. The number of aromatic nitrogens is 3. The molecule has 0 saturated heterocycles. The Balaban J connectivity index is 0.000000251. The zero-order valence-electron chi connectivity index (χ0n) is 51.6. The molecule has 0 atom stereocenters. The van der Waals surface area contributed by atoms with Crippen molar-refractivity contribution in [3.8, 4) is 17.2 Å². The molecule has 0 spiro atoms. The molecule has 84 heavy (non-hydrogen) atoms. The minimum atomic E-state index is -0.802. The van der Waals surface area contributed by atoms with E-state index in [1.54, 1.807) is 142 Å². The summed E-state index contributed by atoms with van der Waals surface area (Å²) in [5.74, 6) is -2.68. The zero-order valence-corrected chi connectivity index (χ0v) is 51.6. The third kappa shape index (κ3) is 17.6. The minimum absolute atomic E-state index is 0.198. The van der Waals surface area contributed by atoms with Crippen molar-refractivity contribution in [1.82, 2.24) is 15.0 Å². The van der Waals surface area contributed by atoms with Gasteiger partial charge < -0.3 is 15.3 Å². The van der Waals surface area contributed by atoms with Gasteiger partial charge in [0, 0.05) is 66.8 Å². The summed E-state index contributed by atoms with van der Waals surface area (Å²) in [6, 6.07) is 35.5. The number of benzene rings is 6. The van der Waals surface area contributed by atoms with Crippen LogP contribution in [0, 0.1) is 0 Å². The monoisotopic (exact) mass is 1140 g/mol. The highest BCUT2D eigenvalue weighted by Crippen LogP contribution is 2.43. The van der Waals surface area contributed by atoms with Crippen molar-refractivity contribution in [2.24, 2.45) is 0 Å². The fourth-order valence-electron chi connectivity index (χ4n) is 8.69. The molecule has 15 nitrogen and oxygen atoms in total. The summed E-state index contributed by atoms with van der Waals surface area (Å²) in [5, 5.41) is 32.2. The molecule has 0 radical (unpaired) electrons. The summed E-state index contributed by atoms with van der Waals surface area (Å²) >= 11 is 0. The van der Waals surface area contributed by atoms with Crippen LogP contribution in [0.5, 0.6) is 17.2 Å². The predicted molar refractivity (Wildman–Crippen MR) is 330 cm³/mol. The lowest BCUT2D eigenvalue weighted by atomic mass is 9.77. The number of Topliss-reactive ketones (excluding diaryl/α,β-unsaturated/α-hetero) is 6. The Bertz CT molecular complexity index is 3230. The number of ketones is 6. The van der Waals surface area contributed by atoms with Gasteiger partial charge in [-0.25, -0.2) is 14.4 Å². The smallest absolute Gasteiger partial charge is 0.330 e. The maximum absolute atomic E-state index is 12.8. The molecule has 6 N–H and O–H groups in total. The first-order valence-electron chi connectivity index (χ1n) is 27.5. The molecule has 7 rings (SSSR count). The number of hydrogen-bond acceptors (Lipinski definition) is 12. The van der Waals surface area contributed by atoms with Gasteiger partial charge >= 0.3 is 17.1 Å². The molecule has 0 amide bonds. The number of aromatic amines is 3. The van der Waals surface area contributed by atoms with Crippen molar-refractivity contribution in [3.63, 3.8) is 0 Å². The summed E-state index contributed by atoms with van der Waals surface area (Å²) in [6.45, 7) is 35.5. The van der Waals surface area contributed by atoms with E-state index < -0.39 is 51.8 Å². The van der Waals surface area contributed by atoms with E-state index in [0.29, 0.717) is 66.8 Å². The number of rotatable bonds is 9. The molecule has 0 fully saturated rings. The van der Waals surface area contributed by atoms with Gasteiger partial charge in [-0.1, -0.05) is 216 Å². The Kier molecular flexibility index (Phi) is 21.1. The summed E-state index contributed by atoms with van der Waals surface area (Å²) in [5.41, 5.74) is 1.58. The van der Waals surface area contributed by atoms with Crippen LogP contribution in [0.1, 0.15) is 220 Å². The summed E-state index contributed by atoms with van der Waals surface area (Å²) in [6.07, 6.45) is 0. The maximum atomic E-state index is 12.8. The van der Waals surface area contributed by atoms with Crippen LogP contribution in [0.3, 0.4) is 0 Å². The van der Waals surface area contributed by atoms with Crippen molar-refractivity contribution >= 4 is 34.7 Å². The molecular weight excluding hydrogens is 1060 g/mol. The zero-order chi connectivity index (χ0) is 63.8. The van der Waals surface area contributed by atoms with E-state index >= 15 is 0 Å². The van der Waals surface area contributed by atoms with Crippen molar-refractivity contribution in [1.29, 1.82) is 0 Å². The van der Waals surface area contributed by atoms with Crippen molar-refractivity contribution in [3.05, 3.63) is 226 Å². The van der Waals surface area contributed by atoms with Gasteiger partial charge in [0.25, 0.3) is 0 Å². The summed E-state index contributed by atoms with van der Waals surface area (Å²) < 4.78 is 0. The predicted octanol–water partition coefficient (Wildman–Crippen LogP) is 12.9. The first-order chi connectivity index (χ1) is 38.5. The highest BCUT2D eigenvalue weighted by atomic mass is 16.3. The molecule has 1 heterocycles. The van der Waals surface area contributed by atoms with Crippen molar-refractivity contribution in [2.45, 2.75) is 157 Å². The van der Waals surface area contributed by atoms with Gasteiger partial charge in [0.1, 0.15) is 17.2 Å². The molecule has 1 aromatic heterocycles. The average Bonchev–Trinajstić information content (AvgIpc) is 1.42. The van der Waals surface area contributed by atoms with E-state index in [0.717, 1.165) is 0 Å².